The lowest BCUT2D eigenvalue weighted by Crippen LogP contribution is -2.52. The zero-order chi connectivity index (χ0) is 15.8. The third-order valence-corrected chi connectivity index (χ3v) is 5.15. The van der Waals surface area contributed by atoms with Crippen molar-refractivity contribution in [2.24, 2.45) is 0 Å². The zero-order valence-electron chi connectivity index (χ0n) is 13.6. The molecule has 3 heterocycles. The van der Waals surface area contributed by atoms with Crippen molar-refractivity contribution in [1.29, 1.82) is 0 Å². The fourth-order valence-electron chi connectivity index (χ4n) is 3.97. The normalized spacial score (nSPS) is 25.4. The SMILES string of the molecule is Cc1cccn2c(=O)cc(CN3CCO[C@H]4CCCC[C@H]43)nc12. The summed E-state index contributed by atoms with van der Waals surface area (Å²) in [6.45, 7) is 4.45. The zero-order valence-corrected chi connectivity index (χ0v) is 13.6. The Hall–Kier alpha value is -1.72. The number of hydrogen-bond acceptors (Lipinski definition) is 4. The van der Waals surface area contributed by atoms with Crippen molar-refractivity contribution in [1.82, 2.24) is 14.3 Å². The number of rotatable bonds is 2. The van der Waals surface area contributed by atoms with Crippen molar-refractivity contribution < 1.29 is 4.74 Å². The first kappa shape index (κ1) is 14.8. The number of morpholine rings is 1. The van der Waals surface area contributed by atoms with E-state index in [1.807, 2.05) is 19.1 Å². The van der Waals surface area contributed by atoms with Crippen LogP contribution in [0.15, 0.2) is 29.2 Å². The molecule has 2 aliphatic rings. The van der Waals surface area contributed by atoms with E-state index >= 15 is 0 Å². The number of pyridine rings is 1. The van der Waals surface area contributed by atoms with Gasteiger partial charge in [0.05, 0.1) is 18.4 Å². The van der Waals surface area contributed by atoms with Crippen LogP contribution in [0.4, 0.5) is 0 Å². The van der Waals surface area contributed by atoms with Crippen LogP contribution in [0.25, 0.3) is 5.65 Å². The first-order valence-corrected chi connectivity index (χ1v) is 8.56. The van der Waals surface area contributed by atoms with E-state index in [0.29, 0.717) is 12.1 Å². The molecular formula is C18H23N3O2. The predicted octanol–water partition coefficient (Wildman–Crippen LogP) is 2.15. The van der Waals surface area contributed by atoms with E-state index < -0.39 is 0 Å². The number of ether oxygens (including phenoxy) is 1. The second kappa shape index (κ2) is 6.06. The Labute approximate surface area is 135 Å². The maximum atomic E-state index is 12.4. The van der Waals surface area contributed by atoms with Gasteiger partial charge in [0, 0.05) is 31.4 Å². The standard InChI is InChI=1S/C18H23N3O2/c1-13-5-4-8-21-17(22)11-14(19-18(13)21)12-20-9-10-23-16-7-3-2-6-15(16)20/h4-5,8,11,15-16H,2-3,6-7,9-10,12H2,1H3/t15-,16+/m1/s1. The highest BCUT2D eigenvalue weighted by Gasteiger charge is 2.34. The van der Waals surface area contributed by atoms with Crippen molar-refractivity contribution in [2.45, 2.75) is 51.3 Å². The van der Waals surface area contributed by atoms with Gasteiger partial charge in [-0.1, -0.05) is 18.9 Å². The molecule has 0 N–H and O–H groups in total. The van der Waals surface area contributed by atoms with Gasteiger partial charge >= 0.3 is 0 Å². The molecule has 2 fully saturated rings. The first-order chi connectivity index (χ1) is 11.2. The molecule has 2 atom stereocenters. The van der Waals surface area contributed by atoms with Crippen LogP contribution in [0, 0.1) is 6.92 Å². The lowest BCUT2D eigenvalue weighted by Gasteiger charge is -2.43. The molecule has 2 aromatic heterocycles. The van der Waals surface area contributed by atoms with Gasteiger partial charge in [-0.05, 0) is 31.4 Å². The molecule has 4 rings (SSSR count). The smallest absolute Gasteiger partial charge is 0.258 e. The molecule has 0 amide bonds. The molecule has 0 aromatic carbocycles. The van der Waals surface area contributed by atoms with E-state index in [-0.39, 0.29) is 5.56 Å². The van der Waals surface area contributed by atoms with E-state index in [1.54, 1.807) is 16.7 Å². The van der Waals surface area contributed by atoms with Gasteiger partial charge in [-0.3, -0.25) is 14.1 Å². The van der Waals surface area contributed by atoms with Crippen LogP contribution in [-0.2, 0) is 11.3 Å². The van der Waals surface area contributed by atoms with Crippen LogP contribution in [0.5, 0.6) is 0 Å². The van der Waals surface area contributed by atoms with Gasteiger partial charge in [0.15, 0.2) is 0 Å². The maximum Gasteiger partial charge on any atom is 0.258 e. The second-order valence-corrected chi connectivity index (χ2v) is 6.70. The quantitative estimate of drug-likeness (QED) is 0.852. The van der Waals surface area contributed by atoms with Gasteiger partial charge in [-0.2, -0.15) is 0 Å². The summed E-state index contributed by atoms with van der Waals surface area (Å²) in [6.07, 6.45) is 7.04. The Morgan fingerprint density at radius 1 is 1.35 bits per heavy atom. The van der Waals surface area contributed by atoms with Gasteiger partial charge in [0.2, 0.25) is 0 Å². The molecule has 2 aromatic rings. The summed E-state index contributed by atoms with van der Waals surface area (Å²) in [5, 5.41) is 0. The van der Waals surface area contributed by atoms with E-state index in [0.717, 1.165) is 43.0 Å². The molecule has 5 heteroatoms. The summed E-state index contributed by atoms with van der Waals surface area (Å²) < 4.78 is 7.56. The van der Waals surface area contributed by atoms with Gasteiger partial charge in [-0.25, -0.2) is 4.98 Å². The van der Waals surface area contributed by atoms with Crippen LogP contribution < -0.4 is 5.56 Å². The highest BCUT2D eigenvalue weighted by atomic mass is 16.5. The molecule has 1 aliphatic carbocycles. The molecule has 0 unspecified atom stereocenters. The number of hydrogen-bond donors (Lipinski definition) is 0. The lowest BCUT2D eigenvalue weighted by atomic mass is 9.90. The average Bonchev–Trinajstić information content (AvgIpc) is 2.56. The van der Waals surface area contributed by atoms with E-state index in [4.69, 9.17) is 9.72 Å². The van der Waals surface area contributed by atoms with Crippen LogP contribution in [0.1, 0.15) is 36.9 Å². The van der Waals surface area contributed by atoms with Gasteiger partial charge in [0.25, 0.3) is 5.56 Å². The Morgan fingerprint density at radius 3 is 3.13 bits per heavy atom. The molecule has 1 saturated carbocycles. The summed E-state index contributed by atoms with van der Waals surface area (Å²) in [4.78, 5) is 19.6. The van der Waals surface area contributed by atoms with Crippen molar-refractivity contribution >= 4 is 5.65 Å². The maximum absolute atomic E-state index is 12.4. The first-order valence-electron chi connectivity index (χ1n) is 8.56. The highest BCUT2D eigenvalue weighted by Crippen LogP contribution is 2.29. The van der Waals surface area contributed by atoms with Crippen LogP contribution in [-0.4, -0.2) is 39.6 Å². The monoisotopic (exact) mass is 313 g/mol. The van der Waals surface area contributed by atoms with Gasteiger partial charge in [0.1, 0.15) is 5.65 Å². The molecular weight excluding hydrogens is 290 g/mol. The van der Waals surface area contributed by atoms with E-state index in [2.05, 4.69) is 4.90 Å². The minimum absolute atomic E-state index is 0.00199. The summed E-state index contributed by atoms with van der Waals surface area (Å²) in [5.41, 5.74) is 2.67. The van der Waals surface area contributed by atoms with Crippen molar-refractivity contribution in [3.8, 4) is 0 Å². The average molecular weight is 313 g/mol. The van der Waals surface area contributed by atoms with Crippen LogP contribution in [0.3, 0.4) is 0 Å². The Balaban J connectivity index is 1.64. The minimum atomic E-state index is 0.00199. The lowest BCUT2D eigenvalue weighted by molar-refractivity contribution is -0.0914. The predicted molar refractivity (Wildman–Crippen MR) is 88.6 cm³/mol. The molecule has 0 spiro atoms. The Morgan fingerprint density at radius 2 is 2.22 bits per heavy atom. The summed E-state index contributed by atoms with van der Waals surface area (Å²) >= 11 is 0. The number of fused-ring (bicyclic) bond motifs is 2. The third kappa shape index (κ3) is 2.79. The van der Waals surface area contributed by atoms with Crippen molar-refractivity contribution in [3.63, 3.8) is 0 Å². The fraction of sp³-hybridized carbons (Fsp3) is 0.556. The summed E-state index contributed by atoms with van der Waals surface area (Å²) in [7, 11) is 0. The Bertz CT molecular complexity index is 768. The summed E-state index contributed by atoms with van der Waals surface area (Å²) in [6, 6.07) is 6.05. The third-order valence-electron chi connectivity index (χ3n) is 5.15. The fourth-order valence-corrected chi connectivity index (χ4v) is 3.97. The molecule has 23 heavy (non-hydrogen) atoms. The van der Waals surface area contributed by atoms with E-state index in [1.165, 1.54) is 19.3 Å². The number of nitrogens with zero attached hydrogens (tertiary/aromatic N) is 3. The molecule has 5 nitrogen and oxygen atoms in total. The largest absolute Gasteiger partial charge is 0.375 e. The van der Waals surface area contributed by atoms with Gasteiger partial charge in [-0.15, -0.1) is 0 Å². The molecule has 0 bridgehead atoms. The topological polar surface area (TPSA) is 46.8 Å². The molecule has 1 saturated heterocycles. The van der Waals surface area contributed by atoms with Gasteiger partial charge < -0.3 is 4.74 Å². The van der Waals surface area contributed by atoms with Crippen LogP contribution >= 0.6 is 0 Å². The van der Waals surface area contributed by atoms with E-state index in [9.17, 15) is 4.79 Å². The van der Waals surface area contributed by atoms with Crippen molar-refractivity contribution in [3.05, 3.63) is 46.0 Å². The molecule has 0 radical (unpaired) electrons. The highest BCUT2D eigenvalue weighted by molar-refractivity contribution is 5.46. The molecule has 122 valence electrons. The Kier molecular flexibility index (Phi) is 3.91. The number of aromatic nitrogens is 2. The minimum Gasteiger partial charge on any atom is -0.375 e. The van der Waals surface area contributed by atoms with Crippen LogP contribution in [0.2, 0.25) is 0 Å². The molecule has 1 aliphatic heterocycles. The summed E-state index contributed by atoms with van der Waals surface area (Å²) in [5.74, 6) is 0. The number of aryl methyl sites for hydroxylation is 1. The van der Waals surface area contributed by atoms with Crippen molar-refractivity contribution in [2.75, 3.05) is 13.2 Å². The second-order valence-electron chi connectivity index (χ2n) is 6.70.